The van der Waals surface area contributed by atoms with Gasteiger partial charge < -0.3 is 14.6 Å². The molecule has 3 saturated carbocycles. The van der Waals surface area contributed by atoms with E-state index in [9.17, 15) is 9.90 Å². The van der Waals surface area contributed by atoms with Crippen LogP contribution in [0.5, 0.6) is 0 Å². The Hall–Kier alpha value is -0.870. The van der Waals surface area contributed by atoms with Crippen LogP contribution in [0.25, 0.3) is 0 Å². The van der Waals surface area contributed by atoms with Gasteiger partial charge in [0.25, 0.3) is 0 Å². The molecule has 1 unspecified atom stereocenters. The van der Waals surface area contributed by atoms with E-state index in [-0.39, 0.29) is 28.8 Å². The summed E-state index contributed by atoms with van der Waals surface area (Å²) in [6.45, 7) is 4.99. The highest BCUT2D eigenvalue weighted by Crippen LogP contribution is 2.72. The van der Waals surface area contributed by atoms with Gasteiger partial charge >= 0.3 is 5.97 Å². The molecule has 4 fully saturated rings. The second-order valence-corrected chi connectivity index (χ2v) is 10.00. The Balaban J connectivity index is 1.61. The lowest BCUT2D eigenvalue weighted by Gasteiger charge is -2.60. The molecule has 5 aliphatic rings. The van der Waals surface area contributed by atoms with E-state index in [2.05, 4.69) is 19.9 Å². The Kier molecular flexibility index (Phi) is 3.06. The fourth-order valence-electron chi connectivity index (χ4n) is 7.90. The third kappa shape index (κ3) is 1.78. The number of carbonyl (C=O) groups is 1. The van der Waals surface area contributed by atoms with E-state index < -0.39 is 11.0 Å². The van der Waals surface area contributed by atoms with E-state index in [4.69, 9.17) is 9.47 Å². The lowest BCUT2D eigenvalue weighted by molar-refractivity contribution is -0.165. The van der Waals surface area contributed by atoms with E-state index in [1.54, 1.807) is 0 Å². The monoisotopic (exact) mass is 346 g/mol. The van der Waals surface area contributed by atoms with Crippen LogP contribution in [-0.2, 0) is 14.3 Å². The number of hydrogen-bond donors (Lipinski definition) is 1. The standard InChI is InChI=1S/C21H30O4/c1-18-6-4-7-19(2,17(22)24-3)15(18)5-8-20-10-13-14(9-16(18)20)25-12-21(13,23)11-20/h9,13-15,23H,4-8,10-12H2,1-3H3/t13-,14+,15?,18+,19+,20+,21+/m0/s1. The first-order valence-electron chi connectivity index (χ1n) is 9.93. The lowest BCUT2D eigenvalue weighted by Crippen LogP contribution is -2.55. The van der Waals surface area contributed by atoms with Crippen molar-refractivity contribution >= 4 is 5.97 Å². The molecule has 0 aromatic heterocycles. The summed E-state index contributed by atoms with van der Waals surface area (Å²) in [5, 5.41) is 11.1. The Morgan fingerprint density at radius 3 is 2.88 bits per heavy atom. The van der Waals surface area contributed by atoms with E-state index in [1.165, 1.54) is 12.7 Å². The van der Waals surface area contributed by atoms with Gasteiger partial charge in [0.2, 0.25) is 0 Å². The minimum Gasteiger partial charge on any atom is -0.469 e. The number of methoxy groups -OCH3 is 1. The summed E-state index contributed by atoms with van der Waals surface area (Å²) in [7, 11) is 1.52. The molecule has 1 heterocycles. The molecule has 0 amide bonds. The third-order valence-corrected chi connectivity index (χ3v) is 8.88. The summed E-state index contributed by atoms with van der Waals surface area (Å²) < 4.78 is 11.2. The van der Waals surface area contributed by atoms with Crippen LogP contribution in [0.1, 0.15) is 58.8 Å². The predicted molar refractivity (Wildman–Crippen MR) is 92.7 cm³/mol. The van der Waals surface area contributed by atoms with Crippen molar-refractivity contribution in [3.8, 4) is 0 Å². The zero-order valence-corrected chi connectivity index (χ0v) is 15.6. The van der Waals surface area contributed by atoms with Crippen molar-refractivity contribution < 1.29 is 19.4 Å². The van der Waals surface area contributed by atoms with Crippen molar-refractivity contribution in [1.29, 1.82) is 0 Å². The second kappa shape index (κ2) is 4.69. The number of ether oxygens (including phenoxy) is 2. The third-order valence-electron chi connectivity index (χ3n) is 8.88. The average Bonchev–Trinajstić information content (AvgIpc) is 2.99. The predicted octanol–water partition coefficient (Wildman–Crippen LogP) is 3.23. The van der Waals surface area contributed by atoms with Gasteiger partial charge in [-0.15, -0.1) is 0 Å². The maximum atomic E-state index is 12.7. The molecule has 1 saturated heterocycles. The van der Waals surface area contributed by atoms with Crippen LogP contribution in [0.4, 0.5) is 0 Å². The van der Waals surface area contributed by atoms with Crippen LogP contribution in [0, 0.1) is 28.1 Å². The molecule has 5 rings (SSSR count). The molecule has 0 aromatic rings. The number of aliphatic hydroxyl groups is 1. The van der Waals surface area contributed by atoms with Crippen molar-refractivity contribution in [2.45, 2.75) is 70.5 Å². The molecule has 0 radical (unpaired) electrons. The molecular formula is C21H30O4. The Morgan fingerprint density at radius 1 is 1.32 bits per heavy atom. The highest BCUT2D eigenvalue weighted by molar-refractivity contribution is 5.77. The smallest absolute Gasteiger partial charge is 0.311 e. The minimum absolute atomic E-state index is 0.0224. The molecule has 138 valence electrons. The molecule has 25 heavy (non-hydrogen) atoms. The van der Waals surface area contributed by atoms with Crippen molar-refractivity contribution in [1.82, 2.24) is 0 Å². The number of allylic oxidation sites excluding steroid dienone is 1. The zero-order valence-electron chi connectivity index (χ0n) is 15.6. The lowest BCUT2D eigenvalue weighted by atomic mass is 9.44. The van der Waals surface area contributed by atoms with Gasteiger partial charge in [-0.25, -0.2) is 0 Å². The molecule has 7 atom stereocenters. The molecule has 2 bridgehead atoms. The van der Waals surface area contributed by atoms with Crippen LogP contribution in [0.2, 0.25) is 0 Å². The van der Waals surface area contributed by atoms with Gasteiger partial charge in [-0.05, 0) is 62.2 Å². The number of fused-ring (bicyclic) bond motifs is 2. The molecule has 1 N–H and O–H groups in total. The first kappa shape index (κ1) is 16.3. The van der Waals surface area contributed by atoms with Crippen LogP contribution in [0.15, 0.2) is 11.6 Å². The molecule has 4 aliphatic carbocycles. The Bertz CT molecular complexity index is 671. The highest BCUT2D eigenvalue weighted by atomic mass is 16.5. The van der Waals surface area contributed by atoms with Gasteiger partial charge in [0.05, 0.1) is 30.8 Å². The summed E-state index contributed by atoms with van der Waals surface area (Å²) in [5.41, 5.74) is 0.638. The van der Waals surface area contributed by atoms with Crippen molar-refractivity contribution in [3.63, 3.8) is 0 Å². The van der Waals surface area contributed by atoms with E-state index in [0.29, 0.717) is 12.5 Å². The largest absolute Gasteiger partial charge is 0.469 e. The SMILES string of the molecule is COC(=O)[C@]1(C)CCC[C@@]2(C)C3=C[C@H]4OC[C@]5(O)C[C@@]3(CCC12)C[C@@H]45. The van der Waals surface area contributed by atoms with Gasteiger partial charge in [-0.3, -0.25) is 4.79 Å². The summed E-state index contributed by atoms with van der Waals surface area (Å²) in [5.74, 6) is 0.548. The van der Waals surface area contributed by atoms with Crippen LogP contribution in [-0.4, -0.2) is 36.5 Å². The first-order chi connectivity index (χ1) is 11.8. The zero-order chi connectivity index (χ0) is 17.7. The van der Waals surface area contributed by atoms with Gasteiger partial charge in [-0.1, -0.05) is 25.0 Å². The fourth-order valence-corrected chi connectivity index (χ4v) is 7.90. The first-order valence-corrected chi connectivity index (χ1v) is 9.93. The number of esters is 1. The van der Waals surface area contributed by atoms with Gasteiger partial charge in [0, 0.05) is 5.92 Å². The Labute approximate surface area is 150 Å². The van der Waals surface area contributed by atoms with E-state index in [0.717, 1.165) is 44.9 Å². The molecule has 4 heteroatoms. The summed E-state index contributed by atoms with van der Waals surface area (Å²) in [4.78, 5) is 12.7. The van der Waals surface area contributed by atoms with E-state index in [1.807, 2.05) is 0 Å². The van der Waals surface area contributed by atoms with Crippen LogP contribution < -0.4 is 0 Å². The Morgan fingerprint density at radius 2 is 2.12 bits per heavy atom. The maximum absolute atomic E-state index is 12.7. The van der Waals surface area contributed by atoms with Gasteiger partial charge in [-0.2, -0.15) is 0 Å². The van der Waals surface area contributed by atoms with Gasteiger partial charge in [0.1, 0.15) is 0 Å². The van der Waals surface area contributed by atoms with Crippen molar-refractivity contribution in [2.75, 3.05) is 13.7 Å². The van der Waals surface area contributed by atoms with Crippen LogP contribution in [0.3, 0.4) is 0 Å². The molecular weight excluding hydrogens is 316 g/mol. The fraction of sp³-hybridized carbons (Fsp3) is 0.857. The summed E-state index contributed by atoms with van der Waals surface area (Å²) in [6.07, 6.45) is 9.63. The van der Waals surface area contributed by atoms with Crippen molar-refractivity contribution in [3.05, 3.63) is 11.6 Å². The normalized spacial score (nSPS) is 56.0. The number of hydrogen-bond acceptors (Lipinski definition) is 4. The van der Waals surface area contributed by atoms with Gasteiger partial charge in [0.15, 0.2) is 0 Å². The molecule has 1 aliphatic heterocycles. The second-order valence-electron chi connectivity index (χ2n) is 10.00. The summed E-state index contributed by atoms with van der Waals surface area (Å²) in [6, 6.07) is 0. The topological polar surface area (TPSA) is 55.8 Å². The quantitative estimate of drug-likeness (QED) is 0.585. The molecule has 1 spiro atoms. The average molecular weight is 346 g/mol. The minimum atomic E-state index is -0.633. The number of rotatable bonds is 1. The van der Waals surface area contributed by atoms with Crippen LogP contribution >= 0.6 is 0 Å². The van der Waals surface area contributed by atoms with E-state index >= 15 is 0 Å². The highest BCUT2D eigenvalue weighted by Gasteiger charge is 2.69. The maximum Gasteiger partial charge on any atom is 0.311 e. The molecule has 0 aromatic carbocycles. The van der Waals surface area contributed by atoms with Crippen molar-refractivity contribution in [2.24, 2.45) is 28.1 Å². The number of carbonyl (C=O) groups excluding carboxylic acids is 1. The molecule has 4 nitrogen and oxygen atoms in total. The summed E-state index contributed by atoms with van der Waals surface area (Å²) >= 11 is 0.